The molecule has 0 aliphatic rings. The number of rotatable bonds is 5. The zero-order chi connectivity index (χ0) is 21.3. The second-order valence-electron chi connectivity index (χ2n) is 6.78. The second kappa shape index (κ2) is 7.98. The average molecular weight is 441 g/mol. The fourth-order valence-corrected chi connectivity index (χ4v) is 3.72. The van der Waals surface area contributed by atoms with Crippen LogP contribution < -0.4 is 5.32 Å². The minimum absolute atomic E-state index is 0.224. The molecule has 1 unspecified atom stereocenters. The van der Waals surface area contributed by atoms with Gasteiger partial charge in [-0.15, -0.1) is 14.4 Å². The van der Waals surface area contributed by atoms with Crippen molar-refractivity contribution in [2.75, 3.05) is 6.26 Å². The van der Waals surface area contributed by atoms with Gasteiger partial charge in [0.15, 0.2) is 16.4 Å². The summed E-state index contributed by atoms with van der Waals surface area (Å²) in [6, 6.07) is 17.0. The fourth-order valence-electron chi connectivity index (χ4n) is 2.96. The lowest BCUT2D eigenvalue weighted by Crippen LogP contribution is -2.23. The number of amides is 1. The van der Waals surface area contributed by atoms with Crippen molar-refractivity contribution < 1.29 is 13.6 Å². The van der Waals surface area contributed by atoms with E-state index >= 15 is 0 Å². The number of carbonyl (C=O) groups is 1. The summed E-state index contributed by atoms with van der Waals surface area (Å²) in [6.45, 7) is 0.371. The molecule has 2 heterocycles. The van der Waals surface area contributed by atoms with Crippen molar-refractivity contribution in [2.45, 2.75) is 11.4 Å². The smallest absolute Gasteiger partial charge is 0.253 e. The number of carbonyl (C=O) groups excluding carboxylic acids is 1. The first-order chi connectivity index (χ1) is 14.3. The number of benzene rings is 2. The van der Waals surface area contributed by atoms with Gasteiger partial charge in [-0.25, -0.2) is 0 Å². The van der Waals surface area contributed by atoms with Crippen LogP contribution in [0.4, 0.5) is 0 Å². The van der Waals surface area contributed by atoms with Crippen molar-refractivity contribution in [1.29, 1.82) is 0 Å². The Kier molecular flexibility index (Phi) is 5.38. The molecule has 4 aromatic rings. The second-order valence-corrected chi connectivity index (χ2v) is 9.23. The van der Waals surface area contributed by atoms with Gasteiger partial charge in [0.2, 0.25) is 0 Å². The lowest BCUT2D eigenvalue weighted by atomic mass is 10.2. The third kappa shape index (κ3) is 4.25. The summed E-state index contributed by atoms with van der Waals surface area (Å²) in [5.74, 6) is 0.274. The molecule has 2 aromatic heterocycles. The number of hydrogen-bond donors (Lipinski definition) is 1. The van der Waals surface area contributed by atoms with Gasteiger partial charge in [0.25, 0.3) is 5.91 Å². The summed E-state index contributed by atoms with van der Waals surface area (Å²) in [4.78, 5) is 12.8. The average Bonchev–Trinajstić information content (AvgIpc) is 3.16. The van der Waals surface area contributed by atoms with Crippen molar-refractivity contribution in [3.8, 4) is 11.4 Å². The van der Waals surface area contributed by atoms with Crippen LogP contribution in [-0.2, 0) is 21.0 Å². The molecule has 1 atom stereocenters. The van der Waals surface area contributed by atoms with E-state index in [1.807, 2.05) is 12.1 Å². The number of nitrogens with one attached hydrogen (secondary N) is 1. The highest BCUT2D eigenvalue weighted by Crippen LogP contribution is 2.22. The molecule has 1 amide bonds. The predicted molar refractivity (Wildman–Crippen MR) is 114 cm³/mol. The lowest BCUT2D eigenvalue weighted by Gasteiger charge is -2.09. The van der Waals surface area contributed by atoms with Gasteiger partial charge in [0, 0.05) is 23.3 Å². The van der Waals surface area contributed by atoms with E-state index in [4.69, 9.17) is 11.6 Å². The van der Waals surface area contributed by atoms with E-state index < -0.39 is 10.2 Å². The highest BCUT2D eigenvalue weighted by atomic mass is 35.5. The van der Waals surface area contributed by atoms with Crippen LogP contribution >= 0.6 is 11.6 Å². The van der Waals surface area contributed by atoms with Crippen molar-refractivity contribution in [2.24, 2.45) is 0 Å². The van der Waals surface area contributed by atoms with Crippen LogP contribution in [0.5, 0.6) is 0 Å². The van der Waals surface area contributed by atoms with Crippen LogP contribution in [0.2, 0.25) is 5.02 Å². The maximum Gasteiger partial charge on any atom is 0.253 e. The molecule has 0 fully saturated rings. The van der Waals surface area contributed by atoms with E-state index in [-0.39, 0.29) is 10.8 Å². The predicted octanol–water partition coefficient (Wildman–Crippen LogP) is 3.60. The summed E-state index contributed by atoms with van der Waals surface area (Å²) in [7, 11) is -3.28. The monoisotopic (exact) mass is 440 g/mol. The zero-order valence-corrected chi connectivity index (χ0v) is 17.5. The Morgan fingerprint density at radius 2 is 1.77 bits per heavy atom. The fraction of sp³-hybridized carbons (Fsp3) is 0.0952. The summed E-state index contributed by atoms with van der Waals surface area (Å²) in [6.07, 6.45) is 2.82. The molecule has 4 rings (SSSR count). The number of pyridine rings is 1. The molecular weight excluding hydrogens is 424 g/mol. The summed E-state index contributed by atoms with van der Waals surface area (Å²) >= 11 is 5.88. The number of halogens is 1. The summed E-state index contributed by atoms with van der Waals surface area (Å²) in [5, 5.41) is 11.8. The lowest BCUT2D eigenvalue weighted by molar-refractivity contribution is 0.0950. The minimum atomic E-state index is -3.28. The summed E-state index contributed by atoms with van der Waals surface area (Å²) < 4.78 is 25.0. The van der Waals surface area contributed by atoms with Crippen molar-refractivity contribution in [3.63, 3.8) is 0 Å². The highest BCUT2D eigenvalue weighted by molar-refractivity contribution is 7.97. The molecule has 9 heteroatoms. The maximum absolute atomic E-state index is 12.6. The third-order valence-corrected chi connectivity index (χ3v) is 5.95. The Morgan fingerprint density at radius 1 is 1.07 bits per heavy atom. The number of sulfone groups is 1. The molecule has 2 aromatic carbocycles. The molecule has 0 spiro atoms. The van der Waals surface area contributed by atoms with Gasteiger partial charge in [0.1, 0.15) is 6.26 Å². The van der Waals surface area contributed by atoms with E-state index in [1.165, 1.54) is 12.1 Å². The van der Waals surface area contributed by atoms with Crippen molar-refractivity contribution in [3.05, 3.63) is 83.0 Å². The molecule has 0 saturated heterocycles. The van der Waals surface area contributed by atoms with E-state index in [9.17, 15) is 13.6 Å². The van der Waals surface area contributed by atoms with Crippen LogP contribution in [0.25, 0.3) is 17.0 Å². The molecule has 0 aliphatic heterocycles. The SMILES string of the molecule is C[S+](=O)([O-])c1ccc(-c2nnc3ccc(C(=O)NCc4ccc(Cl)cc4)cn23)cc1. The minimum Gasteiger partial charge on any atom is -0.610 e. The highest BCUT2D eigenvalue weighted by Gasteiger charge is 2.15. The Bertz CT molecular complexity index is 1260. The molecule has 152 valence electrons. The van der Waals surface area contributed by atoms with E-state index in [0.29, 0.717) is 34.2 Å². The van der Waals surface area contributed by atoms with Crippen LogP contribution in [0.1, 0.15) is 15.9 Å². The van der Waals surface area contributed by atoms with E-state index in [0.717, 1.165) is 11.8 Å². The number of nitrogens with zero attached hydrogens (tertiary/aromatic N) is 3. The number of aromatic nitrogens is 3. The Hall–Kier alpha value is -3.07. The molecular formula is C21H17ClN4O3S. The van der Waals surface area contributed by atoms with Gasteiger partial charge in [-0.3, -0.25) is 9.20 Å². The molecule has 7 nitrogen and oxygen atoms in total. The van der Waals surface area contributed by atoms with Gasteiger partial charge in [-0.2, -0.15) is 0 Å². The van der Waals surface area contributed by atoms with Gasteiger partial charge in [0.05, 0.1) is 15.8 Å². The first-order valence-electron chi connectivity index (χ1n) is 8.99. The first kappa shape index (κ1) is 20.2. The van der Waals surface area contributed by atoms with Crippen LogP contribution in [0, 0.1) is 0 Å². The molecule has 1 N–H and O–H groups in total. The number of hydrogen-bond acceptors (Lipinski definition) is 5. The topological polar surface area (TPSA) is 99.4 Å². The molecule has 30 heavy (non-hydrogen) atoms. The number of fused-ring (bicyclic) bond motifs is 1. The van der Waals surface area contributed by atoms with E-state index in [1.54, 1.807) is 47.0 Å². The quantitative estimate of drug-likeness (QED) is 0.478. The first-order valence-corrected chi connectivity index (χ1v) is 11.3. The zero-order valence-electron chi connectivity index (χ0n) is 15.9. The van der Waals surface area contributed by atoms with Crippen LogP contribution in [-0.4, -0.2) is 31.3 Å². The Balaban J connectivity index is 1.58. The standard InChI is InChI=1S/C21H17ClN4O3S/c1-30(28,29)18-9-4-15(5-10-18)20-25-24-19-11-6-16(13-26(19)20)21(27)23-12-14-2-7-17(22)8-3-14/h2-11,13H,12H2,1H3,(H-,23,27,28,29). The van der Waals surface area contributed by atoms with Gasteiger partial charge in [-0.05, 0) is 54.1 Å². The third-order valence-electron chi connectivity index (χ3n) is 4.57. The van der Waals surface area contributed by atoms with E-state index in [2.05, 4.69) is 15.5 Å². The largest absolute Gasteiger partial charge is 0.610 e. The molecule has 0 bridgehead atoms. The molecule has 0 saturated carbocycles. The van der Waals surface area contributed by atoms with Gasteiger partial charge >= 0.3 is 0 Å². The van der Waals surface area contributed by atoms with Crippen LogP contribution in [0.3, 0.4) is 0 Å². The summed E-state index contributed by atoms with van der Waals surface area (Å²) in [5.41, 5.74) is 2.65. The van der Waals surface area contributed by atoms with Crippen LogP contribution in [0.15, 0.2) is 71.8 Å². The van der Waals surface area contributed by atoms with Crippen molar-refractivity contribution >= 4 is 33.4 Å². The molecule has 0 aliphatic carbocycles. The van der Waals surface area contributed by atoms with Gasteiger partial charge < -0.3 is 9.87 Å². The Labute approximate surface area is 179 Å². The normalized spacial score (nSPS) is 13.2. The van der Waals surface area contributed by atoms with Gasteiger partial charge in [-0.1, -0.05) is 23.7 Å². The van der Waals surface area contributed by atoms with Crippen molar-refractivity contribution in [1.82, 2.24) is 19.9 Å². The molecule has 0 radical (unpaired) electrons. The Morgan fingerprint density at radius 3 is 2.43 bits per heavy atom. The maximum atomic E-state index is 12.6.